The van der Waals surface area contributed by atoms with Crippen molar-refractivity contribution in [3.05, 3.63) is 80.3 Å². The maximum Gasteiger partial charge on any atom is 0.225 e. The Morgan fingerprint density at radius 2 is 0.900 bits per heavy atom. The summed E-state index contributed by atoms with van der Waals surface area (Å²) in [5, 5.41) is 7.94. The molecule has 4 aromatic rings. The van der Waals surface area contributed by atoms with Gasteiger partial charge in [-0.2, -0.15) is 9.97 Å². The van der Waals surface area contributed by atoms with Gasteiger partial charge in [-0.15, -0.1) is 0 Å². The predicted octanol–water partition coefficient (Wildman–Crippen LogP) is 6.26. The van der Waals surface area contributed by atoms with Gasteiger partial charge in [-0.3, -0.25) is 0 Å². The normalized spacial score (nSPS) is 10.9. The summed E-state index contributed by atoms with van der Waals surface area (Å²) >= 11 is 24.2. The first-order chi connectivity index (χ1) is 14.5. The van der Waals surface area contributed by atoms with E-state index in [0.29, 0.717) is 45.8 Å². The van der Waals surface area contributed by atoms with Crippen LogP contribution in [0.25, 0.3) is 11.0 Å². The first kappa shape index (κ1) is 20.9. The Morgan fingerprint density at radius 3 is 1.27 bits per heavy atom. The molecule has 10 heteroatoms. The number of benzene rings is 2. The molecule has 0 spiro atoms. The van der Waals surface area contributed by atoms with Gasteiger partial charge < -0.3 is 10.6 Å². The highest BCUT2D eigenvalue weighted by atomic mass is 35.5. The monoisotopic (exact) mass is 478 g/mol. The summed E-state index contributed by atoms with van der Waals surface area (Å²) in [6.07, 6.45) is 0. The number of nitrogens with one attached hydrogen (secondary N) is 2. The third kappa shape index (κ3) is 5.02. The summed E-state index contributed by atoms with van der Waals surface area (Å²) < 4.78 is 0. The molecule has 30 heavy (non-hydrogen) atoms. The van der Waals surface area contributed by atoms with Crippen LogP contribution >= 0.6 is 46.4 Å². The second-order valence-corrected chi connectivity index (χ2v) is 7.89. The van der Waals surface area contributed by atoms with E-state index in [9.17, 15) is 0 Å². The van der Waals surface area contributed by atoms with Gasteiger partial charge in [0, 0.05) is 23.1 Å². The van der Waals surface area contributed by atoms with Crippen molar-refractivity contribution in [2.75, 3.05) is 10.6 Å². The molecule has 0 amide bonds. The van der Waals surface area contributed by atoms with Crippen LogP contribution in [0.15, 0.2) is 48.5 Å². The molecule has 2 aromatic heterocycles. The van der Waals surface area contributed by atoms with Crippen molar-refractivity contribution in [2.45, 2.75) is 13.1 Å². The highest BCUT2D eigenvalue weighted by Gasteiger charge is 2.15. The highest BCUT2D eigenvalue weighted by Crippen LogP contribution is 2.27. The second-order valence-electron chi connectivity index (χ2n) is 6.34. The lowest BCUT2D eigenvalue weighted by molar-refractivity contribution is 1.06. The number of halogens is 4. The van der Waals surface area contributed by atoms with Crippen LogP contribution in [0.1, 0.15) is 11.1 Å². The molecule has 0 radical (unpaired) electrons. The molecule has 0 fully saturated rings. The highest BCUT2D eigenvalue weighted by molar-refractivity contribution is 6.31. The molecular weight excluding hydrogens is 466 g/mol. The Hall–Kier alpha value is -2.38. The zero-order valence-electron chi connectivity index (χ0n) is 15.3. The van der Waals surface area contributed by atoms with E-state index in [-0.39, 0.29) is 10.6 Å². The number of hydrogen-bond acceptors (Lipinski definition) is 6. The molecule has 0 aliphatic rings. The van der Waals surface area contributed by atoms with Gasteiger partial charge in [-0.25, -0.2) is 9.97 Å². The first-order valence-corrected chi connectivity index (χ1v) is 10.4. The van der Waals surface area contributed by atoms with Crippen molar-refractivity contribution in [1.82, 2.24) is 19.9 Å². The molecule has 4 rings (SSSR count). The molecular formula is C20H14Cl4N6. The molecule has 0 atom stereocenters. The minimum Gasteiger partial charge on any atom is -0.364 e. The van der Waals surface area contributed by atoms with Crippen molar-refractivity contribution in [1.29, 1.82) is 0 Å². The molecule has 152 valence electrons. The van der Waals surface area contributed by atoms with Crippen LogP contribution in [0.2, 0.25) is 20.6 Å². The van der Waals surface area contributed by atoms with Crippen molar-refractivity contribution < 1.29 is 0 Å². The van der Waals surface area contributed by atoms with Gasteiger partial charge in [0.2, 0.25) is 10.6 Å². The van der Waals surface area contributed by atoms with E-state index in [0.717, 1.165) is 11.1 Å². The summed E-state index contributed by atoms with van der Waals surface area (Å²) in [6, 6.07) is 15.0. The van der Waals surface area contributed by atoms with E-state index in [1.54, 1.807) is 0 Å². The maximum atomic E-state index is 6.16. The third-order valence-corrected chi connectivity index (χ3v) is 5.08. The SMILES string of the molecule is Clc1ccc(CNc2nc(Cl)nc3c(NCc4ccc(Cl)cc4)nc(Cl)nc23)cc1. The molecule has 0 unspecified atom stereocenters. The Labute approximate surface area is 192 Å². The summed E-state index contributed by atoms with van der Waals surface area (Å²) in [5.74, 6) is 0.914. The van der Waals surface area contributed by atoms with Crippen LogP contribution in [0.4, 0.5) is 11.6 Å². The molecule has 0 aliphatic carbocycles. The van der Waals surface area contributed by atoms with E-state index in [1.807, 2.05) is 48.5 Å². The topological polar surface area (TPSA) is 75.6 Å². The molecule has 6 nitrogen and oxygen atoms in total. The van der Waals surface area contributed by atoms with Crippen LogP contribution in [0, 0.1) is 0 Å². The van der Waals surface area contributed by atoms with Gasteiger partial charge in [0.15, 0.2) is 11.6 Å². The standard InChI is InChI=1S/C20H14Cl4N6/c21-13-5-1-11(2-6-13)9-25-17-15-16(28-19(23)29-17)18(30-20(24)27-15)26-10-12-3-7-14(22)8-4-12/h1-8H,9-10H2,(H,25,28,29)(H,26,27,30). The molecule has 2 N–H and O–H groups in total. The number of aromatic nitrogens is 4. The molecule has 0 saturated heterocycles. The van der Waals surface area contributed by atoms with Crippen LogP contribution in [0.3, 0.4) is 0 Å². The van der Waals surface area contributed by atoms with Crippen molar-refractivity contribution in [3.63, 3.8) is 0 Å². The molecule has 0 bridgehead atoms. The number of anilines is 2. The molecule has 0 saturated carbocycles. The lowest BCUT2D eigenvalue weighted by Crippen LogP contribution is -2.08. The Bertz CT molecular complexity index is 1090. The van der Waals surface area contributed by atoms with E-state index in [1.165, 1.54) is 0 Å². The number of nitrogens with zero attached hydrogens (tertiary/aromatic N) is 4. The average molecular weight is 480 g/mol. The van der Waals surface area contributed by atoms with Gasteiger partial charge in [0.1, 0.15) is 11.0 Å². The number of hydrogen-bond donors (Lipinski definition) is 2. The zero-order chi connectivity index (χ0) is 21.1. The fraction of sp³-hybridized carbons (Fsp3) is 0.100. The third-order valence-electron chi connectivity index (χ3n) is 4.24. The zero-order valence-corrected chi connectivity index (χ0v) is 18.4. The summed E-state index contributed by atoms with van der Waals surface area (Å²) in [7, 11) is 0. The summed E-state index contributed by atoms with van der Waals surface area (Å²) in [5.41, 5.74) is 2.96. The van der Waals surface area contributed by atoms with Gasteiger partial charge in [-0.1, -0.05) is 47.5 Å². The second kappa shape index (κ2) is 9.18. The van der Waals surface area contributed by atoms with Crippen LogP contribution < -0.4 is 10.6 Å². The van der Waals surface area contributed by atoms with Gasteiger partial charge >= 0.3 is 0 Å². The summed E-state index contributed by atoms with van der Waals surface area (Å²) in [4.78, 5) is 17.1. The van der Waals surface area contributed by atoms with Crippen LogP contribution in [0.5, 0.6) is 0 Å². The molecule has 2 aromatic carbocycles. The Morgan fingerprint density at radius 1 is 0.533 bits per heavy atom. The van der Waals surface area contributed by atoms with Crippen LogP contribution in [-0.4, -0.2) is 19.9 Å². The lowest BCUT2D eigenvalue weighted by Gasteiger charge is -2.12. The average Bonchev–Trinajstić information content (AvgIpc) is 2.73. The van der Waals surface area contributed by atoms with Gasteiger partial charge in [-0.05, 0) is 58.6 Å². The van der Waals surface area contributed by atoms with Crippen molar-refractivity contribution >= 4 is 69.1 Å². The maximum absolute atomic E-state index is 6.16. The predicted molar refractivity (Wildman–Crippen MR) is 123 cm³/mol. The minimum absolute atomic E-state index is 0.0709. The van der Waals surface area contributed by atoms with E-state index in [2.05, 4.69) is 30.6 Å². The number of rotatable bonds is 6. The Balaban J connectivity index is 1.63. The van der Waals surface area contributed by atoms with E-state index >= 15 is 0 Å². The largest absolute Gasteiger partial charge is 0.364 e. The van der Waals surface area contributed by atoms with E-state index in [4.69, 9.17) is 46.4 Å². The molecule has 0 aliphatic heterocycles. The number of fused-ring (bicyclic) bond motifs is 1. The summed E-state index contributed by atoms with van der Waals surface area (Å²) in [6.45, 7) is 0.990. The molecule has 2 heterocycles. The first-order valence-electron chi connectivity index (χ1n) is 8.85. The Kier molecular flexibility index (Phi) is 6.39. The smallest absolute Gasteiger partial charge is 0.225 e. The fourth-order valence-corrected chi connectivity index (χ4v) is 3.37. The van der Waals surface area contributed by atoms with Gasteiger partial charge in [0.25, 0.3) is 0 Å². The minimum atomic E-state index is 0.0709. The van der Waals surface area contributed by atoms with Crippen LogP contribution in [-0.2, 0) is 13.1 Å². The van der Waals surface area contributed by atoms with Crippen molar-refractivity contribution in [2.24, 2.45) is 0 Å². The van der Waals surface area contributed by atoms with E-state index < -0.39 is 0 Å². The van der Waals surface area contributed by atoms with Gasteiger partial charge in [0.05, 0.1) is 0 Å². The lowest BCUT2D eigenvalue weighted by atomic mass is 10.2. The fourth-order valence-electron chi connectivity index (χ4n) is 2.78. The quantitative estimate of drug-likeness (QED) is 0.318. The van der Waals surface area contributed by atoms with Crippen molar-refractivity contribution in [3.8, 4) is 0 Å².